The molecular formula is C22H20NOPS. The van der Waals surface area contributed by atoms with Crippen LogP contribution in [-0.4, -0.2) is 13.8 Å². The summed E-state index contributed by atoms with van der Waals surface area (Å²) in [7, 11) is -0.164. The summed E-state index contributed by atoms with van der Waals surface area (Å²) in [6.45, 7) is 2.29. The molecule has 3 aromatic carbocycles. The van der Waals surface area contributed by atoms with Gasteiger partial charge in [-0.05, 0) is 35.5 Å². The summed E-state index contributed by atoms with van der Waals surface area (Å²) in [6.07, 6.45) is 0. The number of ether oxygens (including phenoxy) is 1. The highest BCUT2D eigenvalue weighted by Crippen LogP contribution is 2.49. The lowest BCUT2D eigenvalue weighted by atomic mass is 10.2. The molecule has 0 aliphatic carbocycles. The van der Waals surface area contributed by atoms with Crippen molar-refractivity contribution >= 4 is 44.1 Å². The Kier molecular flexibility index (Phi) is 4.67. The van der Waals surface area contributed by atoms with Crippen LogP contribution in [0.25, 0.3) is 10.1 Å². The predicted molar refractivity (Wildman–Crippen MR) is 115 cm³/mol. The Hall–Kier alpha value is -2.35. The van der Waals surface area contributed by atoms with Gasteiger partial charge in [-0.15, -0.1) is 11.3 Å². The molecule has 0 bridgehead atoms. The van der Waals surface area contributed by atoms with Gasteiger partial charge in [0.1, 0.15) is 10.8 Å². The maximum atomic E-state index is 5.51. The van der Waals surface area contributed by atoms with Gasteiger partial charge in [-0.2, -0.15) is 0 Å². The minimum atomic E-state index is -1.88. The monoisotopic (exact) mass is 377 g/mol. The fourth-order valence-electron chi connectivity index (χ4n) is 3.15. The summed E-state index contributed by atoms with van der Waals surface area (Å²) in [6, 6.07) is 29.6. The number of nitrogens with zero attached hydrogens (tertiary/aromatic N) is 1. The van der Waals surface area contributed by atoms with E-state index in [2.05, 4.69) is 79.5 Å². The Bertz CT molecular complexity index is 1040. The minimum absolute atomic E-state index is 0.902. The topological polar surface area (TPSA) is 21.6 Å². The molecule has 0 spiro atoms. The maximum absolute atomic E-state index is 5.51. The molecule has 0 aliphatic rings. The van der Waals surface area contributed by atoms with Gasteiger partial charge < -0.3 is 4.74 Å². The molecule has 1 heterocycles. The molecule has 0 saturated heterocycles. The van der Waals surface area contributed by atoms with Crippen LogP contribution in [0.2, 0.25) is 0 Å². The van der Waals surface area contributed by atoms with E-state index < -0.39 is 7.05 Å². The molecule has 0 unspecified atom stereocenters. The van der Waals surface area contributed by atoms with E-state index in [4.69, 9.17) is 9.48 Å². The quantitative estimate of drug-likeness (QED) is 0.398. The van der Waals surface area contributed by atoms with Crippen LogP contribution in [0.5, 0.6) is 5.75 Å². The number of hydrogen-bond donors (Lipinski definition) is 0. The highest BCUT2D eigenvalue weighted by atomic mass is 32.1. The Balaban J connectivity index is 1.95. The summed E-state index contributed by atoms with van der Waals surface area (Å²) >= 11 is 1.72. The van der Waals surface area contributed by atoms with Gasteiger partial charge in [0.25, 0.3) is 0 Å². The van der Waals surface area contributed by atoms with Crippen molar-refractivity contribution in [3.8, 4) is 5.75 Å². The fraction of sp³-hybridized carbons (Fsp3) is 0.0909. The highest BCUT2D eigenvalue weighted by molar-refractivity contribution is 7.80. The van der Waals surface area contributed by atoms with E-state index >= 15 is 0 Å². The second kappa shape index (κ2) is 7.11. The van der Waals surface area contributed by atoms with Crippen molar-refractivity contribution in [1.29, 1.82) is 0 Å². The molecular weight excluding hydrogens is 357 g/mol. The second-order valence-corrected chi connectivity index (χ2v) is 10.4. The van der Waals surface area contributed by atoms with E-state index in [0.29, 0.717) is 0 Å². The molecule has 0 atom stereocenters. The third-order valence-electron chi connectivity index (χ3n) is 4.54. The average molecular weight is 377 g/mol. The molecule has 0 N–H and O–H groups in total. The largest absolute Gasteiger partial charge is 0.496 e. The zero-order chi connectivity index (χ0) is 18.0. The first-order chi connectivity index (χ1) is 12.7. The zero-order valence-corrected chi connectivity index (χ0v) is 16.5. The van der Waals surface area contributed by atoms with Crippen LogP contribution in [-0.2, 0) is 0 Å². The Morgan fingerprint density at radius 2 is 1.42 bits per heavy atom. The molecule has 26 heavy (non-hydrogen) atoms. The van der Waals surface area contributed by atoms with Gasteiger partial charge in [0.15, 0.2) is 0 Å². The molecule has 4 aromatic rings. The van der Waals surface area contributed by atoms with E-state index in [1.165, 1.54) is 15.3 Å². The summed E-state index contributed by atoms with van der Waals surface area (Å²) < 4.78 is 12.0. The molecule has 130 valence electrons. The lowest BCUT2D eigenvalue weighted by Crippen LogP contribution is -2.14. The van der Waals surface area contributed by atoms with Crippen LogP contribution in [0, 0.1) is 0 Å². The van der Waals surface area contributed by atoms with Gasteiger partial charge in [0.2, 0.25) is 0 Å². The smallest absolute Gasteiger partial charge is 0.127 e. The Labute approximate surface area is 158 Å². The van der Waals surface area contributed by atoms with Crippen LogP contribution >= 0.6 is 18.4 Å². The molecule has 2 nitrogen and oxygen atoms in total. The van der Waals surface area contributed by atoms with Gasteiger partial charge >= 0.3 is 0 Å². The SMILES string of the molecule is COc1cccc2sc(N=P(C)(c3ccccc3)c3ccccc3)cc12. The van der Waals surface area contributed by atoms with Crippen molar-refractivity contribution in [3.63, 3.8) is 0 Å². The second-order valence-electron chi connectivity index (χ2n) is 6.19. The number of benzene rings is 3. The van der Waals surface area contributed by atoms with Gasteiger partial charge in [-0.1, -0.05) is 66.7 Å². The first-order valence-corrected chi connectivity index (χ1v) is 11.5. The molecule has 0 saturated carbocycles. The summed E-state index contributed by atoms with van der Waals surface area (Å²) in [5.41, 5.74) is 0. The Morgan fingerprint density at radius 1 is 0.808 bits per heavy atom. The van der Waals surface area contributed by atoms with Gasteiger partial charge in [0, 0.05) is 17.1 Å². The number of methoxy groups -OCH3 is 1. The first-order valence-electron chi connectivity index (χ1n) is 8.48. The lowest BCUT2D eigenvalue weighted by molar-refractivity contribution is 0.420. The van der Waals surface area contributed by atoms with Gasteiger partial charge in [-0.3, -0.25) is 0 Å². The van der Waals surface area contributed by atoms with Crippen LogP contribution in [0.3, 0.4) is 0 Å². The first kappa shape index (κ1) is 17.1. The molecule has 0 fully saturated rings. The highest BCUT2D eigenvalue weighted by Gasteiger charge is 2.19. The maximum Gasteiger partial charge on any atom is 0.127 e. The van der Waals surface area contributed by atoms with Crippen LogP contribution in [0.1, 0.15) is 0 Å². The van der Waals surface area contributed by atoms with Gasteiger partial charge in [-0.25, -0.2) is 4.74 Å². The summed E-state index contributed by atoms with van der Waals surface area (Å²) in [5.74, 6) is 0.902. The van der Waals surface area contributed by atoms with Gasteiger partial charge in [0.05, 0.1) is 7.11 Å². The lowest BCUT2D eigenvalue weighted by Gasteiger charge is -2.20. The van der Waals surface area contributed by atoms with Crippen molar-refractivity contribution in [2.24, 2.45) is 4.74 Å². The van der Waals surface area contributed by atoms with Crippen LogP contribution < -0.4 is 15.3 Å². The average Bonchev–Trinajstić information content (AvgIpc) is 3.11. The predicted octanol–water partition coefficient (Wildman–Crippen LogP) is 6.02. The third kappa shape index (κ3) is 3.09. The number of fused-ring (bicyclic) bond motifs is 1. The minimum Gasteiger partial charge on any atom is -0.496 e. The van der Waals surface area contributed by atoms with Crippen molar-refractivity contribution in [1.82, 2.24) is 0 Å². The van der Waals surface area contributed by atoms with E-state index in [1.54, 1.807) is 18.4 Å². The molecule has 4 heteroatoms. The van der Waals surface area contributed by atoms with E-state index in [1.807, 2.05) is 12.1 Å². The molecule has 0 aliphatic heterocycles. The normalized spacial score (nSPS) is 11.5. The molecule has 0 radical (unpaired) electrons. The van der Waals surface area contributed by atoms with Crippen molar-refractivity contribution in [2.75, 3.05) is 13.8 Å². The third-order valence-corrected chi connectivity index (χ3v) is 8.90. The Morgan fingerprint density at radius 3 is 2.00 bits per heavy atom. The van der Waals surface area contributed by atoms with Crippen LogP contribution in [0.15, 0.2) is 89.7 Å². The number of hydrogen-bond acceptors (Lipinski definition) is 3. The van der Waals surface area contributed by atoms with Crippen molar-refractivity contribution < 1.29 is 4.74 Å². The standard InChI is InChI=1S/C22H20NOPS/c1-24-20-14-9-15-21-19(20)16-22(26-21)23-25(2,17-10-5-3-6-11-17)18-12-7-4-8-13-18/h3-16H,1-2H3. The number of thiophene rings is 1. The summed E-state index contributed by atoms with van der Waals surface area (Å²) in [5, 5.41) is 4.76. The van der Waals surface area contributed by atoms with Crippen molar-refractivity contribution in [2.45, 2.75) is 0 Å². The van der Waals surface area contributed by atoms with Crippen molar-refractivity contribution in [3.05, 3.63) is 84.9 Å². The summed E-state index contributed by atoms with van der Waals surface area (Å²) in [4.78, 5) is 0. The fourth-order valence-corrected chi connectivity index (χ4v) is 7.10. The van der Waals surface area contributed by atoms with E-state index in [9.17, 15) is 0 Å². The molecule has 0 amide bonds. The van der Waals surface area contributed by atoms with E-state index in [-0.39, 0.29) is 0 Å². The van der Waals surface area contributed by atoms with E-state index in [0.717, 1.165) is 16.1 Å². The van der Waals surface area contributed by atoms with Crippen LogP contribution in [0.4, 0.5) is 5.00 Å². The molecule has 4 rings (SSSR count). The zero-order valence-electron chi connectivity index (χ0n) is 14.8. The molecule has 1 aromatic heterocycles. The number of rotatable bonds is 4.